The van der Waals surface area contributed by atoms with Crippen molar-refractivity contribution in [3.8, 4) is 0 Å². The van der Waals surface area contributed by atoms with E-state index in [0.29, 0.717) is 12.0 Å². The largest absolute Gasteiger partial charge is 0.327 e. The van der Waals surface area contributed by atoms with Crippen LogP contribution in [0.2, 0.25) is 0 Å². The molecule has 1 atom stereocenters. The van der Waals surface area contributed by atoms with Crippen molar-refractivity contribution in [2.24, 2.45) is 5.73 Å². The molecular weight excluding hydrogens is 262 g/mol. The van der Waals surface area contributed by atoms with Gasteiger partial charge in [-0.1, -0.05) is 57.4 Å². The van der Waals surface area contributed by atoms with Gasteiger partial charge in [-0.15, -0.1) is 0 Å². The molecule has 0 amide bonds. The van der Waals surface area contributed by atoms with E-state index in [9.17, 15) is 0 Å². The minimum absolute atomic E-state index is 0.298. The van der Waals surface area contributed by atoms with Crippen LogP contribution in [0.4, 0.5) is 0 Å². The molecule has 0 saturated heterocycles. The second-order valence-corrected chi connectivity index (χ2v) is 7.79. The molecule has 0 heterocycles. The maximum absolute atomic E-state index is 6.30. The average molecular weight is 292 g/mol. The van der Waals surface area contributed by atoms with Crippen LogP contribution in [0.25, 0.3) is 0 Å². The zero-order valence-corrected chi connectivity index (χ0v) is 13.8. The second-order valence-electron chi connectivity index (χ2n) is 6.45. The standard InChI is InChI=1S/C18H29NS/c1-14(2)16-10-8-15(9-11-16)12-17(19)13-20-18-6-4-3-5-7-18/h8-11,14,17-18H,3-7,12-13,19H2,1-2H3. The Morgan fingerprint density at radius 2 is 1.75 bits per heavy atom. The molecule has 0 aliphatic heterocycles. The zero-order chi connectivity index (χ0) is 14.4. The Bertz CT molecular complexity index is 379. The molecular formula is C18H29NS. The second kappa shape index (κ2) is 8.09. The van der Waals surface area contributed by atoms with Gasteiger partial charge in [0.2, 0.25) is 0 Å². The lowest BCUT2D eigenvalue weighted by molar-refractivity contribution is 0.515. The highest BCUT2D eigenvalue weighted by atomic mass is 32.2. The van der Waals surface area contributed by atoms with Crippen molar-refractivity contribution in [2.45, 2.75) is 69.6 Å². The topological polar surface area (TPSA) is 26.0 Å². The molecule has 1 unspecified atom stereocenters. The molecule has 1 aliphatic carbocycles. The van der Waals surface area contributed by atoms with E-state index < -0.39 is 0 Å². The lowest BCUT2D eigenvalue weighted by Gasteiger charge is -2.22. The van der Waals surface area contributed by atoms with Gasteiger partial charge >= 0.3 is 0 Å². The maximum atomic E-state index is 6.30. The van der Waals surface area contributed by atoms with Crippen molar-refractivity contribution in [1.29, 1.82) is 0 Å². The van der Waals surface area contributed by atoms with Gasteiger partial charge in [-0.05, 0) is 36.3 Å². The smallest absolute Gasteiger partial charge is 0.0171 e. The molecule has 2 heteroatoms. The summed E-state index contributed by atoms with van der Waals surface area (Å²) in [6.45, 7) is 4.48. The Labute approximate surface area is 128 Å². The van der Waals surface area contributed by atoms with Crippen molar-refractivity contribution < 1.29 is 0 Å². The van der Waals surface area contributed by atoms with Crippen LogP contribution in [0.15, 0.2) is 24.3 Å². The van der Waals surface area contributed by atoms with Gasteiger partial charge in [0.25, 0.3) is 0 Å². The van der Waals surface area contributed by atoms with Gasteiger partial charge in [0, 0.05) is 17.0 Å². The highest BCUT2D eigenvalue weighted by molar-refractivity contribution is 7.99. The van der Waals surface area contributed by atoms with E-state index in [1.807, 2.05) is 0 Å². The first-order valence-corrected chi connectivity index (χ1v) is 9.16. The van der Waals surface area contributed by atoms with Crippen LogP contribution in [0.1, 0.15) is 63.0 Å². The Balaban J connectivity index is 1.74. The zero-order valence-electron chi connectivity index (χ0n) is 13.0. The van der Waals surface area contributed by atoms with Gasteiger partial charge in [0.1, 0.15) is 0 Å². The lowest BCUT2D eigenvalue weighted by atomic mass is 9.99. The minimum atomic E-state index is 0.298. The molecule has 1 aromatic carbocycles. The molecule has 2 rings (SSSR count). The van der Waals surface area contributed by atoms with E-state index in [-0.39, 0.29) is 0 Å². The van der Waals surface area contributed by atoms with E-state index in [4.69, 9.17) is 5.73 Å². The quantitative estimate of drug-likeness (QED) is 0.819. The molecule has 2 N–H and O–H groups in total. The number of benzene rings is 1. The molecule has 1 aliphatic rings. The summed E-state index contributed by atoms with van der Waals surface area (Å²) in [5.74, 6) is 1.72. The van der Waals surface area contributed by atoms with Crippen LogP contribution >= 0.6 is 11.8 Å². The fourth-order valence-electron chi connectivity index (χ4n) is 2.89. The summed E-state index contributed by atoms with van der Waals surface area (Å²) in [4.78, 5) is 0. The predicted molar refractivity (Wildman–Crippen MR) is 91.5 cm³/mol. The lowest BCUT2D eigenvalue weighted by Crippen LogP contribution is -2.27. The normalized spacial score (nSPS) is 18.4. The molecule has 1 fully saturated rings. The predicted octanol–water partition coefficient (Wildman–Crippen LogP) is 4.75. The van der Waals surface area contributed by atoms with Gasteiger partial charge in [-0.3, -0.25) is 0 Å². The van der Waals surface area contributed by atoms with Crippen LogP contribution in [-0.4, -0.2) is 17.0 Å². The first-order chi connectivity index (χ1) is 9.65. The van der Waals surface area contributed by atoms with E-state index in [1.54, 1.807) is 0 Å². The summed E-state index contributed by atoms with van der Waals surface area (Å²) in [6.07, 6.45) is 8.09. The van der Waals surface area contributed by atoms with Gasteiger partial charge in [-0.25, -0.2) is 0 Å². The molecule has 0 bridgehead atoms. The molecule has 20 heavy (non-hydrogen) atoms. The first-order valence-electron chi connectivity index (χ1n) is 8.11. The molecule has 1 saturated carbocycles. The van der Waals surface area contributed by atoms with Crippen LogP contribution in [0, 0.1) is 0 Å². The van der Waals surface area contributed by atoms with E-state index in [2.05, 4.69) is 49.9 Å². The molecule has 0 radical (unpaired) electrons. The monoisotopic (exact) mass is 291 g/mol. The fraction of sp³-hybridized carbons (Fsp3) is 0.667. The van der Waals surface area contributed by atoms with Gasteiger partial charge in [-0.2, -0.15) is 11.8 Å². The Morgan fingerprint density at radius 3 is 2.35 bits per heavy atom. The number of nitrogens with two attached hydrogens (primary N) is 1. The summed E-state index contributed by atoms with van der Waals surface area (Å²) in [5.41, 5.74) is 9.10. The van der Waals surface area contributed by atoms with E-state index in [0.717, 1.165) is 17.4 Å². The van der Waals surface area contributed by atoms with Gasteiger partial charge < -0.3 is 5.73 Å². The molecule has 112 valence electrons. The minimum Gasteiger partial charge on any atom is -0.327 e. The van der Waals surface area contributed by atoms with Gasteiger partial charge in [0.05, 0.1) is 0 Å². The third-order valence-electron chi connectivity index (χ3n) is 4.24. The summed E-state index contributed by atoms with van der Waals surface area (Å²) in [6, 6.07) is 9.30. The van der Waals surface area contributed by atoms with Crippen LogP contribution in [0.5, 0.6) is 0 Å². The molecule has 1 aromatic rings. The molecule has 0 aromatic heterocycles. The highest BCUT2D eigenvalue weighted by Crippen LogP contribution is 2.28. The van der Waals surface area contributed by atoms with Crippen LogP contribution < -0.4 is 5.73 Å². The number of rotatable bonds is 6. The third kappa shape index (κ3) is 5.14. The summed E-state index contributed by atoms with van der Waals surface area (Å²) >= 11 is 2.11. The third-order valence-corrected chi connectivity index (χ3v) is 5.81. The van der Waals surface area contributed by atoms with Crippen molar-refractivity contribution in [3.05, 3.63) is 35.4 Å². The van der Waals surface area contributed by atoms with Crippen molar-refractivity contribution in [2.75, 3.05) is 5.75 Å². The van der Waals surface area contributed by atoms with Crippen LogP contribution in [-0.2, 0) is 6.42 Å². The Morgan fingerprint density at radius 1 is 1.10 bits per heavy atom. The summed E-state index contributed by atoms with van der Waals surface area (Å²) in [7, 11) is 0. The van der Waals surface area contributed by atoms with Gasteiger partial charge in [0.15, 0.2) is 0 Å². The fourth-order valence-corrected chi connectivity index (χ4v) is 4.20. The van der Waals surface area contributed by atoms with Crippen molar-refractivity contribution in [3.63, 3.8) is 0 Å². The van der Waals surface area contributed by atoms with Crippen LogP contribution in [0.3, 0.4) is 0 Å². The Kier molecular flexibility index (Phi) is 6.44. The average Bonchev–Trinajstić information content (AvgIpc) is 2.47. The maximum Gasteiger partial charge on any atom is 0.0171 e. The number of hydrogen-bond acceptors (Lipinski definition) is 2. The van der Waals surface area contributed by atoms with Crippen molar-refractivity contribution >= 4 is 11.8 Å². The van der Waals surface area contributed by atoms with Crippen molar-refractivity contribution in [1.82, 2.24) is 0 Å². The van der Waals surface area contributed by atoms with E-state index in [1.165, 1.54) is 43.2 Å². The number of thioether (sulfide) groups is 1. The molecule has 1 nitrogen and oxygen atoms in total. The summed E-state index contributed by atoms with van der Waals surface area (Å²) in [5, 5.41) is 0.873. The molecule has 0 spiro atoms. The summed E-state index contributed by atoms with van der Waals surface area (Å²) < 4.78 is 0. The number of hydrogen-bond donors (Lipinski definition) is 1. The first kappa shape index (κ1) is 15.9. The Hall–Kier alpha value is -0.470. The SMILES string of the molecule is CC(C)c1ccc(CC(N)CSC2CCCCC2)cc1. The van der Waals surface area contributed by atoms with E-state index >= 15 is 0 Å². The highest BCUT2D eigenvalue weighted by Gasteiger charge is 2.15.